The smallest absolute Gasteiger partial charge is 0.293 e. The molecule has 6 nitrogen and oxygen atoms in total. The van der Waals surface area contributed by atoms with Crippen molar-refractivity contribution in [3.8, 4) is 0 Å². The summed E-state index contributed by atoms with van der Waals surface area (Å²) in [5.41, 5.74) is 2.00. The van der Waals surface area contributed by atoms with Crippen LogP contribution in [0.3, 0.4) is 0 Å². The summed E-state index contributed by atoms with van der Waals surface area (Å²) in [6, 6.07) is 11.3. The van der Waals surface area contributed by atoms with Crippen molar-refractivity contribution < 1.29 is 18.8 Å². The first-order valence-electron chi connectivity index (χ1n) is 8.64. The Labute approximate surface area is 161 Å². The molecule has 1 aliphatic rings. The maximum absolute atomic E-state index is 12.4. The summed E-state index contributed by atoms with van der Waals surface area (Å²) in [7, 11) is 0. The van der Waals surface area contributed by atoms with E-state index in [1.807, 2.05) is 37.3 Å². The van der Waals surface area contributed by atoms with Gasteiger partial charge < -0.3 is 9.73 Å². The fourth-order valence-corrected chi connectivity index (χ4v) is 3.46. The topological polar surface area (TPSA) is 79.6 Å². The molecule has 1 saturated heterocycles. The number of carbonyl (C=O) groups excluding carboxylic acids is 3. The van der Waals surface area contributed by atoms with Crippen molar-refractivity contribution in [2.75, 3.05) is 13.1 Å². The van der Waals surface area contributed by atoms with Gasteiger partial charge in [0.15, 0.2) is 0 Å². The van der Waals surface area contributed by atoms with Gasteiger partial charge in [0.25, 0.3) is 11.1 Å². The highest BCUT2D eigenvalue weighted by Gasteiger charge is 2.34. The zero-order valence-electron chi connectivity index (χ0n) is 14.9. The molecular formula is C20H20N2O4S. The molecule has 0 aliphatic carbocycles. The molecule has 3 amide bonds. The number of nitrogens with zero attached hydrogens (tertiary/aromatic N) is 1. The SMILES string of the molecule is Cc1ccc(C=C2SC(=O)N(CCNC(=O)CCc3ccco3)C2=O)cc1. The summed E-state index contributed by atoms with van der Waals surface area (Å²) in [5.74, 6) is 0.279. The van der Waals surface area contributed by atoms with Gasteiger partial charge in [-0.2, -0.15) is 0 Å². The standard InChI is InChI=1S/C20H20N2O4S/c1-14-4-6-15(7-5-14)13-17-19(24)22(20(25)27-17)11-10-21-18(23)9-8-16-3-2-12-26-16/h2-7,12-13H,8-11H2,1H3,(H,21,23). The molecule has 1 aliphatic heterocycles. The summed E-state index contributed by atoms with van der Waals surface area (Å²) < 4.78 is 5.18. The lowest BCUT2D eigenvalue weighted by Gasteiger charge is -2.12. The van der Waals surface area contributed by atoms with Crippen LogP contribution < -0.4 is 5.32 Å². The molecule has 3 rings (SSSR count). The third-order valence-electron chi connectivity index (χ3n) is 4.08. The van der Waals surface area contributed by atoms with Crippen molar-refractivity contribution in [3.63, 3.8) is 0 Å². The Morgan fingerprint density at radius 3 is 2.70 bits per heavy atom. The van der Waals surface area contributed by atoms with Crippen LogP contribution in [0.25, 0.3) is 6.08 Å². The zero-order chi connectivity index (χ0) is 19.2. The number of thioether (sulfide) groups is 1. The highest BCUT2D eigenvalue weighted by molar-refractivity contribution is 8.18. The van der Waals surface area contributed by atoms with Crippen LogP contribution in [0.1, 0.15) is 23.3 Å². The largest absolute Gasteiger partial charge is 0.469 e. The second-order valence-corrected chi connectivity index (χ2v) is 7.17. The van der Waals surface area contributed by atoms with E-state index < -0.39 is 0 Å². The molecule has 2 aromatic rings. The first kappa shape index (κ1) is 19.0. The summed E-state index contributed by atoms with van der Waals surface area (Å²) in [6.07, 6.45) is 4.09. The van der Waals surface area contributed by atoms with E-state index in [4.69, 9.17) is 4.42 Å². The van der Waals surface area contributed by atoms with Gasteiger partial charge in [-0.05, 0) is 42.5 Å². The molecule has 1 fully saturated rings. The number of benzene rings is 1. The molecule has 0 unspecified atom stereocenters. The number of furan rings is 1. The van der Waals surface area contributed by atoms with Crippen LogP contribution in [-0.2, 0) is 16.0 Å². The van der Waals surface area contributed by atoms with Gasteiger partial charge in [0.2, 0.25) is 5.91 Å². The molecule has 1 N–H and O–H groups in total. The Balaban J connectivity index is 1.48. The predicted molar refractivity (Wildman–Crippen MR) is 104 cm³/mol. The van der Waals surface area contributed by atoms with Crippen molar-refractivity contribution in [2.45, 2.75) is 19.8 Å². The molecule has 27 heavy (non-hydrogen) atoms. The quantitative estimate of drug-likeness (QED) is 0.741. The number of aryl methyl sites for hydroxylation is 2. The minimum atomic E-state index is -0.324. The second-order valence-electron chi connectivity index (χ2n) is 6.17. The Morgan fingerprint density at radius 2 is 2.00 bits per heavy atom. The van der Waals surface area contributed by atoms with Crippen molar-refractivity contribution >= 4 is 34.9 Å². The lowest BCUT2D eigenvalue weighted by atomic mass is 10.1. The molecule has 1 aromatic heterocycles. The van der Waals surface area contributed by atoms with Crippen LogP contribution >= 0.6 is 11.8 Å². The van der Waals surface area contributed by atoms with Crippen molar-refractivity contribution in [2.24, 2.45) is 0 Å². The van der Waals surface area contributed by atoms with E-state index in [9.17, 15) is 14.4 Å². The van der Waals surface area contributed by atoms with Crippen LogP contribution in [-0.4, -0.2) is 35.0 Å². The van der Waals surface area contributed by atoms with E-state index in [0.29, 0.717) is 17.7 Å². The molecule has 0 saturated carbocycles. The first-order valence-corrected chi connectivity index (χ1v) is 9.46. The van der Waals surface area contributed by atoms with Crippen LogP contribution in [0.2, 0.25) is 0 Å². The molecular weight excluding hydrogens is 364 g/mol. The molecule has 0 atom stereocenters. The number of carbonyl (C=O) groups is 3. The van der Waals surface area contributed by atoms with E-state index in [0.717, 1.165) is 33.5 Å². The van der Waals surface area contributed by atoms with E-state index >= 15 is 0 Å². The van der Waals surface area contributed by atoms with Crippen LogP contribution in [0, 0.1) is 6.92 Å². The average molecular weight is 384 g/mol. The van der Waals surface area contributed by atoms with Crippen molar-refractivity contribution in [1.29, 1.82) is 0 Å². The summed E-state index contributed by atoms with van der Waals surface area (Å²) in [6.45, 7) is 2.37. The molecule has 0 radical (unpaired) electrons. The predicted octanol–water partition coefficient (Wildman–Crippen LogP) is 3.37. The molecule has 0 bridgehead atoms. The van der Waals surface area contributed by atoms with Gasteiger partial charge in [-0.25, -0.2) is 0 Å². The summed E-state index contributed by atoms with van der Waals surface area (Å²) in [5, 5.41) is 2.41. The van der Waals surface area contributed by atoms with Gasteiger partial charge in [0.05, 0.1) is 11.2 Å². The third-order valence-corrected chi connectivity index (χ3v) is 4.99. The third kappa shape index (κ3) is 5.10. The maximum Gasteiger partial charge on any atom is 0.293 e. The Bertz CT molecular complexity index is 857. The number of nitrogens with one attached hydrogen (secondary N) is 1. The number of hydrogen-bond donors (Lipinski definition) is 1. The molecule has 0 spiro atoms. The highest BCUT2D eigenvalue weighted by Crippen LogP contribution is 2.31. The van der Waals surface area contributed by atoms with Gasteiger partial charge >= 0.3 is 0 Å². The normalized spacial score (nSPS) is 15.6. The van der Waals surface area contributed by atoms with E-state index in [2.05, 4.69) is 5.32 Å². The highest BCUT2D eigenvalue weighted by atomic mass is 32.2. The van der Waals surface area contributed by atoms with Crippen LogP contribution in [0.4, 0.5) is 4.79 Å². The van der Waals surface area contributed by atoms with Crippen molar-refractivity contribution in [3.05, 3.63) is 64.5 Å². The van der Waals surface area contributed by atoms with Gasteiger partial charge in [-0.1, -0.05) is 29.8 Å². The van der Waals surface area contributed by atoms with E-state index in [-0.39, 0.29) is 30.1 Å². The van der Waals surface area contributed by atoms with Gasteiger partial charge in [0, 0.05) is 25.9 Å². The van der Waals surface area contributed by atoms with E-state index in [1.165, 1.54) is 0 Å². The monoisotopic (exact) mass is 384 g/mol. The second kappa shape index (κ2) is 8.73. The minimum absolute atomic E-state index is 0.145. The van der Waals surface area contributed by atoms with Gasteiger partial charge in [0.1, 0.15) is 5.76 Å². The number of amides is 3. The van der Waals surface area contributed by atoms with E-state index in [1.54, 1.807) is 18.4 Å². The van der Waals surface area contributed by atoms with Crippen LogP contribution in [0.15, 0.2) is 52.0 Å². The minimum Gasteiger partial charge on any atom is -0.469 e. The van der Waals surface area contributed by atoms with Gasteiger partial charge in [-0.3, -0.25) is 19.3 Å². The lowest BCUT2D eigenvalue weighted by molar-refractivity contribution is -0.124. The molecule has 2 heterocycles. The molecule has 1 aromatic carbocycles. The fraction of sp³-hybridized carbons (Fsp3) is 0.250. The lowest BCUT2D eigenvalue weighted by Crippen LogP contribution is -2.37. The number of hydrogen-bond acceptors (Lipinski definition) is 5. The number of rotatable bonds is 7. The zero-order valence-corrected chi connectivity index (χ0v) is 15.8. The van der Waals surface area contributed by atoms with Gasteiger partial charge in [-0.15, -0.1) is 0 Å². The van der Waals surface area contributed by atoms with Crippen LogP contribution in [0.5, 0.6) is 0 Å². The Hall–Kier alpha value is -2.80. The number of imide groups is 1. The summed E-state index contributed by atoms with van der Waals surface area (Å²) >= 11 is 0.922. The molecule has 7 heteroatoms. The Morgan fingerprint density at radius 1 is 1.22 bits per heavy atom. The fourth-order valence-electron chi connectivity index (χ4n) is 2.59. The van der Waals surface area contributed by atoms with Crippen molar-refractivity contribution in [1.82, 2.24) is 10.2 Å². The molecule has 140 valence electrons. The maximum atomic E-state index is 12.4. The average Bonchev–Trinajstić information content (AvgIpc) is 3.26. The Kier molecular flexibility index (Phi) is 6.13. The first-order chi connectivity index (χ1) is 13.0. The summed E-state index contributed by atoms with van der Waals surface area (Å²) in [4.78, 5) is 37.9.